The second-order valence-corrected chi connectivity index (χ2v) is 5.02. The Hall–Kier alpha value is -2.04. The molecular formula is C16H12ClFN2O. The quantitative estimate of drug-likeness (QED) is 0.803. The number of aliphatic hydroxyl groups is 1. The fourth-order valence-electron chi connectivity index (χ4n) is 2.23. The van der Waals surface area contributed by atoms with Gasteiger partial charge >= 0.3 is 0 Å². The molecule has 0 radical (unpaired) electrons. The number of rotatable bonds is 3. The van der Waals surface area contributed by atoms with Gasteiger partial charge in [-0.15, -0.1) is 0 Å². The van der Waals surface area contributed by atoms with Crippen LogP contribution in [-0.2, 0) is 6.42 Å². The first-order valence-electron chi connectivity index (χ1n) is 6.51. The first-order valence-corrected chi connectivity index (χ1v) is 6.89. The van der Waals surface area contributed by atoms with Crippen LogP contribution in [0.25, 0.3) is 22.3 Å². The molecule has 1 aromatic heterocycles. The minimum absolute atomic E-state index is 0.0525. The largest absolute Gasteiger partial charge is 0.396 e. The van der Waals surface area contributed by atoms with Crippen LogP contribution in [0.2, 0.25) is 5.02 Å². The first-order chi connectivity index (χ1) is 10.2. The third kappa shape index (κ3) is 2.73. The third-order valence-corrected chi connectivity index (χ3v) is 3.47. The van der Waals surface area contributed by atoms with Crippen LogP contribution in [0.4, 0.5) is 4.39 Å². The lowest BCUT2D eigenvalue weighted by Crippen LogP contribution is -2.02. The van der Waals surface area contributed by atoms with Crippen molar-refractivity contribution >= 4 is 22.6 Å². The predicted molar refractivity (Wildman–Crippen MR) is 80.7 cm³/mol. The van der Waals surface area contributed by atoms with E-state index in [0.29, 0.717) is 39.4 Å². The van der Waals surface area contributed by atoms with Gasteiger partial charge in [0.25, 0.3) is 0 Å². The average molecular weight is 303 g/mol. The smallest absolute Gasteiger partial charge is 0.123 e. The van der Waals surface area contributed by atoms with Crippen molar-refractivity contribution in [2.75, 3.05) is 6.61 Å². The number of fused-ring (bicyclic) bond motifs is 1. The summed E-state index contributed by atoms with van der Waals surface area (Å²) in [5, 5.41) is 9.70. The number of hydrogen-bond acceptors (Lipinski definition) is 3. The number of benzene rings is 2. The molecule has 3 nitrogen and oxygen atoms in total. The normalized spacial score (nSPS) is 11.0. The van der Waals surface area contributed by atoms with Crippen molar-refractivity contribution in [2.45, 2.75) is 6.42 Å². The van der Waals surface area contributed by atoms with Crippen molar-refractivity contribution in [3.8, 4) is 11.3 Å². The Morgan fingerprint density at radius 3 is 2.67 bits per heavy atom. The summed E-state index contributed by atoms with van der Waals surface area (Å²) in [7, 11) is 0. The Morgan fingerprint density at radius 1 is 1.10 bits per heavy atom. The van der Waals surface area contributed by atoms with E-state index < -0.39 is 0 Å². The molecule has 0 bridgehead atoms. The van der Waals surface area contributed by atoms with E-state index in [0.717, 1.165) is 0 Å². The van der Waals surface area contributed by atoms with Gasteiger partial charge < -0.3 is 5.11 Å². The molecule has 1 N–H and O–H groups in total. The van der Waals surface area contributed by atoms with Crippen molar-refractivity contribution in [3.63, 3.8) is 0 Å². The van der Waals surface area contributed by atoms with Gasteiger partial charge in [0.2, 0.25) is 0 Å². The maximum atomic E-state index is 13.4. The van der Waals surface area contributed by atoms with Gasteiger partial charge in [0.15, 0.2) is 0 Å². The summed E-state index contributed by atoms with van der Waals surface area (Å²) in [5.41, 5.74) is 3.01. The van der Waals surface area contributed by atoms with Gasteiger partial charge in [-0.25, -0.2) is 14.4 Å². The molecule has 0 aliphatic heterocycles. The summed E-state index contributed by atoms with van der Waals surface area (Å²) in [5.74, 6) is -0.344. The molecule has 2 aromatic carbocycles. The van der Waals surface area contributed by atoms with Crippen LogP contribution < -0.4 is 0 Å². The summed E-state index contributed by atoms with van der Waals surface area (Å²) in [6.45, 7) is -0.0525. The van der Waals surface area contributed by atoms with Crippen LogP contribution in [0, 0.1) is 5.82 Å². The zero-order chi connectivity index (χ0) is 14.8. The van der Waals surface area contributed by atoms with Gasteiger partial charge in [0.05, 0.1) is 21.9 Å². The molecule has 1 heterocycles. The molecule has 3 rings (SSSR count). The van der Waals surface area contributed by atoms with Crippen LogP contribution in [0.1, 0.15) is 5.69 Å². The molecule has 0 aliphatic carbocycles. The molecule has 3 aromatic rings. The molecule has 0 saturated heterocycles. The molecule has 0 unspecified atom stereocenters. The number of halogens is 2. The number of hydrogen-bond donors (Lipinski definition) is 1. The van der Waals surface area contributed by atoms with E-state index >= 15 is 0 Å². The molecule has 5 heteroatoms. The van der Waals surface area contributed by atoms with E-state index in [4.69, 9.17) is 11.6 Å². The van der Waals surface area contributed by atoms with Gasteiger partial charge in [-0.1, -0.05) is 29.8 Å². The lowest BCUT2D eigenvalue weighted by atomic mass is 10.1. The zero-order valence-electron chi connectivity index (χ0n) is 11.1. The molecule has 0 aliphatic rings. The second kappa shape index (κ2) is 5.76. The summed E-state index contributed by atoms with van der Waals surface area (Å²) in [6.07, 6.45) is 0.349. The van der Waals surface area contributed by atoms with Crippen molar-refractivity contribution in [3.05, 3.63) is 59.0 Å². The van der Waals surface area contributed by atoms with Gasteiger partial charge in [-0.3, -0.25) is 0 Å². The van der Waals surface area contributed by atoms with E-state index in [1.807, 2.05) is 6.07 Å². The van der Waals surface area contributed by atoms with Crippen LogP contribution >= 0.6 is 11.6 Å². The SMILES string of the molecule is OCCc1nc2cccc(Cl)c2nc1-c1cccc(F)c1. The van der Waals surface area contributed by atoms with Crippen LogP contribution in [0.15, 0.2) is 42.5 Å². The summed E-state index contributed by atoms with van der Waals surface area (Å²) < 4.78 is 13.4. The highest BCUT2D eigenvalue weighted by Gasteiger charge is 2.12. The Bertz CT molecular complexity index is 807. The highest BCUT2D eigenvalue weighted by molar-refractivity contribution is 6.34. The summed E-state index contributed by atoms with van der Waals surface area (Å²) in [4.78, 5) is 9.03. The Kier molecular flexibility index (Phi) is 3.82. The number of para-hydroxylation sites is 1. The highest BCUT2D eigenvalue weighted by atomic mass is 35.5. The monoisotopic (exact) mass is 302 g/mol. The molecule has 0 amide bonds. The molecule has 21 heavy (non-hydrogen) atoms. The maximum absolute atomic E-state index is 13.4. The molecule has 0 spiro atoms. The minimum atomic E-state index is -0.344. The van der Waals surface area contributed by atoms with E-state index in [-0.39, 0.29) is 12.4 Å². The molecule has 0 saturated carbocycles. The van der Waals surface area contributed by atoms with Gasteiger partial charge in [-0.05, 0) is 24.3 Å². The molecule has 0 atom stereocenters. The Morgan fingerprint density at radius 2 is 1.90 bits per heavy atom. The van der Waals surface area contributed by atoms with Crippen molar-refractivity contribution in [1.29, 1.82) is 0 Å². The van der Waals surface area contributed by atoms with Crippen LogP contribution in [-0.4, -0.2) is 21.7 Å². The van der Waals surface area contributed by atoms with E-state index in [2.05, 4.69) is 9.97 Å². The zero-order valence-corrected chi connectivity index (χ0v) is 11.8. The fourth-order valence-corrected chi connectivity index (χ4v) is 2.44. The second-order valence-electron chi connectivity index (χ2n) is 4.61. The van der Waals surface area contributed by atoms with Gasteiger partial charge in [-0.2, -0.15) is 0 Å². The van der Waals surface area contributed by atoms with Crippen LogP contribution in [0.3, 0.4) is 0 Å². The Labute approximate surface area is 126 Å². The highest BCUT2D eigenvalue weighted by Crippen LogP contribution is 2.27. The van der Waals surface area contributed by atoms with E-state index in [9.17, 15) is 9.50 Å². The minimum Gasteiger partial charge on any atom is -0.396 e. The van der Waals surface area contributed by atoms with Gasteiger partial charge in [0.1, 0.15) is 11.3 Å². The molecular weight excluding hydrogens is 291 g/mol. The lowest BCUT2D eigenvalue weighted by molar-refractivity contribution is 0.298. The average Bonchev–Trinajstić information content (AvgIpc) is 2.47. The standard InChI is InChI=1S/C16H12ClFN2O/c17-12-5-2-6-13-16(12)20-15(14(19-13)7-8-21)10-3-1-4-11(18)9-10/h1-6,9,21H,7-8H2. The predicted octanol–water partition coefficient (Wildman–Crippen LogP) is 3.62. The fraction of sp³-hybridized carbons (Fsp3) is 0.125. The summed E-state index contributed by atoms with van der Waals surface area (Å²) in [6, 6.07) is 11.5. The van der Waals surface area contributed by atoms with E-state index in [1.54, 1.807) is 24.3 Å². The summed E-state index contributed by atoms with van der Waals surface area (Å²) >= 11 is 6.15. The Balaban J connectivity index is 2.28. The van der Waals surface area contributed by atoms with Crippen molar-refractivity contribution in [2.24, 2.45) is 0 Å². The molecule has 0 fully saturated rings. The maximum Gasteiger partial charge on any atom is 0.123 e. The number of aromatic nitrogens is 2. The molecule has 106 valence electrons. The van der Waals surface area contributed by atoms with Crippen molar-refractivity contribution < 1.29 is 9.50 Å². The van der Waals surface area contributed by atoms with Gasteiger partial charge in [0, 0.05) is 18.6 Å². The topological polar surface area (TPSA) is 46.0 Å². The third-order valence-electron chi connectivity index (χ3n) is 3.16. The van der Waals surface area contributed by atoms with Crippen LogP contribution in [0.5, 0.6) is 0 Å². The number of nitrogens with zero attached hydrogens (tertiary/aromatic N) is 2. The van der Waals surface area contributed by atoms with E-state index in [1.165, 1.54) is 12.1 Å². The first kappa shape index (κ1) is 13.9. The lowest BCUT2D eigenvalue weighted by Gasteiger charge is -2.10. The van der Waals surface area contributed by atoms with Crippen molar-refractivity contribution in [1.82, 2.24) is 9.97 Å². The number of aliphatic hydroxyl groups excluding tert-OH is 1.